The van der Waals surface area contributed by atoms with E-state index in [2.05, 4.69) is 5.32 Å². The molecule has 4 nitrogen and oxygen atoms in total. The number of nitrogens with one attached hydrogen (secondary N) is 1. The predicted octanol–water partition coefficient (Wildman–Crippen LogP) is 3.18. The quantitative estimate of drug-likeness (QED) is 0.905. The van der Waals surface area contributed by atoms with Crippen LogP contribution in [0.5, 0.6) is 5.75 Å². The fourth-order valence-electron chi connectivity index (χ4n) is 2.15. The zero-order valence-corrected chi connectivity index (χ0v) is 12.1. The fraction of sp³-hybridized carbons (Fsp3) is 0.533. The third-order valence-corrected chi connectivity index (χ3v) is 2.97. The Morgan fingerprint density at radius 2 is 2.20 bits per heavy atom. The van der Waals surface area contributed by atoms with E-state index >= 15 is 0 Å². The molecule has 0 saturated heterocycles. The molecule has 0 spiro atoms. The first kappa shape index (κ1) is 14.6. The van der Waals surface area contributed by atoms with Gasteiger partial charge in [0.2, 0.25) is 0 Å². The monoisotopic (exact) mass is 281 g/mol. The number of alkyl carbamates (subject to hydrolysis) is 1. The van der Waals surface area contributed by atoms with Crippen LogP contribution in [0.4, 0.5) is 9.18 Å². The van der Waals surface area contributed by atoms with E-state index in [4.69, 9.17) is 9.47 Å². The average Bonchev–Trinajstić information content (AvgIpc) is 2.35. The van der Waals surface area contributed by atoms with Crippen LogP contribution < -0.4 is 10.1 Å². The molecule has 0 saturated carbocycles. The zero-order valence-electron chi connectivity index (χ0n) is 12.1. The Morgan fingerprint density at radius 3 is 2.90 bits per heavy atom. The second kappa shape index (κ2) is 5.69. The Labute approximate surface area is 118 Å². The molecule has 0 fully saturated rings. The first-order valence-electron chi connectivity index (χ1n) is 6.77. The van der Waals surface area contributed by atoms with Crippen LogP contribution in [0.25, 0.3) is 0 Å². The number of hydrogen-bond acceptors (Lipinski definition) is 3. The summed E-state index contributed by atoms with van der Waals surface area (Å²) in [6.07, 6.45) is 1.07. The van der Waals surface area contributed by atoms with Crippen molar-refractivity contribution in [3.8, 4) is 5.75 Å². The molecule has 1 aliphatic heterocycles. The number of carbonyl (C=O) groups is 1. The predicted molar refractivity (Wildman–Crippen MR) is 73.3 cm³/mol. The van der Waals surface area contributed by atoms with Crippen LogP contribution in [-0.4, -0.2) is 18.3 Å². The molecule has 1 heterocycles. The van der Waals surface area contributed by atoms with E-state index in [9.17, 15) is 9.18 Å². The van der Waals surface area contributed by atoms with Gasteiger partial charge in [0.15, 0.2) is 0 Å². The minimum Gasteiger partial charge on any atom is -0.493 e. The summed E-state index contributed by atoms with van der Waals surface area (Å²) in [7, 11) is 0. The molecule has 110 valence electrons. The van der Waals surface area contributed by atoms with Gasteiger partial charge in [0, 0.05) is 17.7 Å². The van der Waals surface area contributed by atoms with Crippen molar-refractivity contribution >= 4 is 6.09 Å². The summed E-state index contributed by atoms with van der Waals surface area (Å²) in [6, 6.07) is 3.01. The highest BCUT2D eigenvalue weighted by Gasteiger charge is 2.20. The highest BCUT2D eigenvalue weighted by Crippen LogP contribution is 2.29. The van der Waals surface area contributed by atoms with Crippen LogP contribution >= 0.6 is 0 Å². The zero-order chi connectivity index (χ0) is 14.8. The molecule has 0 bridgehead atoms. The lowest BCUT2D eigenvalue weighted by molar-refractivity contribution is 0.0523. The Kier molecular flexibility index (Phi) is 4.16. The molecule has 1 amide bonds. The second-order valence-electron chi connectivity index (χ2n) is 5.81. The minimum absolute atomic E-state index is 0.104. The molecule has 1 aromatic carbocycles. The van der Waals surface area contributed by atoms with Gasteiger partial charge >= 0.3 is 6.09 Å². The molecule has 20 heavy (non-hydrogen) atoms. The van der Waals surface area contributed by atoms with E-state index in [1.807, 2.05) is 0 Å². The van der Waals surface area contributed by atoms with E-state index in [1.165, 1.54) is 6.07 Å². The number of halogens is 1. The third kappa shape index (κ3) is 3.62. The van der Waals surface area contributed by atoms with Gasteiger partial charge in [-0.3, -0.25) is 0 Å². The highest BCUT2D eigenvalue weighted by molar-refractivity contribution is 5.67. The van der Waals surface area contributed by atoms with Crippen LogP contribution in [0.2, 0.25) is 0 Å². The standard InChI is InChI=1S/C15H20FNO3/c1-15(2,3)20-14(18)17-9-11-10-5-4-8-19-13(10)7-6-12(11)16/h6-7H,4-5,8-9H2,1-3H3,(H,17,18). The number of rotatable bonds is 2. The van der Waals surface area contributed by atoms with Gasteiger partial charge in [-0.05, 0) is 45.7 Å². The summed E-state index contributed by atoms with van der Waals surface area (Å²) in [4.78, 5) is 11.6. The van der Waals surface area contributed by atoms with Gasteiger partial charge in [-0.25, -0.2) is 9.18 Å². The van der Waals surface area contributed by atoms with Gasteiger partial charge in [0.05, 0.1) is 6.61 Å². The Morgan fingerprint density at radius 1 is 1.45 bits per heavy atom. The smallest absolute Gasteiger partial charge is 0.407 e. The van der Waals surface area contributed by atoms with Gasteiger partial charge in [-0.15, -0.1) is 0 Å². The molecular weight excluding hydrogens is 261 g/mol. The molecule has 5 heteroatoms. The van der Waals surface area contributed by atoms with Crippen molar-refractivity contribution in [3.05, 3.63) is 29.1 Å². The average molecular weight is 281 g/mol. The lowest BCUT2D eigenvalue weighted by Gasteiger charge is -2.22. The molecule has 0 aliphatic carbocycles. The molecule has 1 aromatic rings. The molecule has 0 aromatic heterocycles. The topological polar surface area (TPSA) is 47.6 Å². The number of benzene rings is 1. The summed E-state index contributed by atoms with van der Waals surface area (Å²) >= 11 is 0. The van der Waals surface area contributed by atoms with E-state index in [0.717, 1.165) is 18.4 Å². The van der Waals surface area contributed by atoms with Gasteiger partial charge in [0.25, 0.3) is 0 Å². The summed E-state index contributed by atoms with van der Waals surface area (Å²) < 4.78 is 24.6. The van der Waals surface area contributed by atoms with Crippen molar-refractivity contribution in [2.45, 2.75) is 45.8 Å². The molecule has 2 rings (SSSR count). The van der Waals surface area contributed by atoms with Crippen molar-refractivity contribution < 1.29 is 18.7 Å². The van der Waals surface area contributed by atoms with E-state index in [-0.39, 0.29) is 12.4 Å². The van der Waals surface area contributed by atoms with E-state index in [0.29, 0.717) is 17.9 Å². The van der Waals surface area contributed by atoms with Gasteiger partial charge in [0.1, 0.15) is 17.2 Å². The molecule has 0 radical (unpaired) electrons. The maximum Gasteiger partial charge on any atom is 0.407 e. The summed E-state index contributed by atoms with van der Waals surface area (Å²) in [5, 5.41) is 2.59. The first-order valence-corrected chi connectivity index (χ1v) is 6.77. The maximum absolute atomic E-state index is 13.9. The van der Waals surface area contributed by atoms with Crippen LogP contribution in [0.3, 0.4) is 0 Å². The van der Waals surface area contributed by atoms with Crippen molar-refractivity contribution in [1.82, 2.24) is 5.32 Å². The van der Waals surface area contributed by atoms with Gasteiger partial charge < -0.3 is 14.8 Å². The first-order chi connectivity index (χ1) is 9.37. The van der Waals surface area contributed by atoms with Gasteiger partial charge in [-0.1, -0.05) is 0 Å². The lowest BCUT2D eigenvalue weighted by Crippen LogP contribution is -2.32. The Balaban J connectivity index is 2.08. The molecule has 0 atom stereocenters. The SMILES string of the molecule is CC(C)(C)OC(=O)NCc1c(F)ccc2c1CCCO2. The lowest BCUT2D eigenvalue weighted by atomic mass is 9.99. The van der Waals surface area contributed by atoms with Crippen molar-refractivity contribution in [1.29, 1.82) is 0 Å². The van der Waals surface area contributed by atoms with E-state index in [1.54, 1.807) is 26.8 Å². The Hall–Kier alpha value is -1.78. The minimum atomic E-state index is -0.568. The summed E-state index contributed by atoms with van der Waals surface area (Å²) in [5.74, 6) is 0.379. The molecule has 1 aliphatic rings. The number of carbonyl (C=O) groups excluding carboxylic acids is 1. The third-order valence-electron chi connectivity index (χ3n) is 2.97. The summed E-state index contributed by atoms with van der Waals surface area (Å²) in [5.41, 5.74) is 0.752. The van der Waals surface area contributed by atoms with Crippen molar-refractivity contribution in [2.75, 3.05) is 6.61 Å². The van der Waals surface area contributed by atoms with Crippen LogP contribution in [0, 0.1) is 5.82 Å². The number of amides is 1. The van der Waals surface area contributed by atoms with Crippen molar-refractivity contribution in [2.24, 2.45) is 0 Å². The second-order valence-corrected chi connectivity index (χ2v) is 5.81. The fourth-order valence-corrected chi connectivity index (χ4v) is 2.15. The van der Waals surface area contributed by atoms with Crippen molar-refractivity contribution in [3.63, 3.8) is 0 Å². The van der Waals surface area contributed by atoms with E-state index < -0.39 is 11.7 Å². The van der Waals surface area contributed by atoms with Crippen LogP contribution in [0.1, 0.15) is 38.3 Å². The number of ether oxygens (including phenoxy) is 2. The summed E-state index contributed by atoms with van der Waals surface area (Å²) in [6.45, 7) is 6.10. The normalized spacial score (nSPS) is 14.2. The maximum atomic E-state index is 13.9. The van der Waals surface area contributed by atoms with Crippen LogP contribution in [0.15, 0.2) is 12.1 Å². The Bertz CT molecular complexity index is 509. The number of hydrogen-bond donors (Lipinski definition) is 1. The molecule has 0 unspecified atom stereocenters. The van der Waals surface area contributed by atoms with Gasteiger partial charge in [-0.2, -0.15) is 0 Å². The molecule has 1 N–H and O–H groups in total. The molecular formula is C15H20FNO3. The van der Waals surface area contributed by atoms with Crippen LogP contribution in [-0.2, 0) is 17.7 Å². The number of fused-ring (bicyclic) bond motifs is 1. The highest BCUT2D eigenvalue weighted by atomic mass is 19.1. The largest absolute Gasteiger partial charge is 0.493 e.